The Morgan fingerprint density at radius 2 is 1.51 bits per heavy atom. The van der Waals surface area contributed by atoms with Crippen LogP contribution in [-0.4, -0.2) is 50.4 Å². The van der Waals surface area contributed by atoms with Crippen molar-refractivity contribution >= 4 is 28.5 Å². The number of imidazole rings is 1. The summed E-state index contributed by atoms with van der Waals surface area (Å²) in [4.78, 5) is 38.6. The summed E-state index contributed by atoms with van der Waals surface area (Å²) < 4.78 is 3.33. The third-order valence-corrected chi connectivity index (χ3v) is 7.61. The summed E-state index contributed by atoms with van der Waals surface area (Å²) >= 11 is 6.17. The quantitative estimate of drug-likeness (QED) is 0.169. The highest BCUT2D eigenvalue weighted by atomic mass is 35.5. The Labute approximate surface area is 254 Å². The molecule has 6 aromatic rings. The van der Waals surface area contributed by atoms with Crippen molar-refractivity contribution in [3.63, 3.8) is 0 Å². The maximum Gasteiger partial charge on any atom is 0.286 e. The average molecular weight is 588 g/mol. The molecule has 0 aliphatic carbocycles. The molecule has 0 N–H and O–H groups in total. The second kappa shape index (κ2) is 12.2. The number of rotatable bonds is 9. The minimum Gasteiger partial charge on any atom is -0.309 e. The van der Waals surface area contributed by atoms with E-state index in [1.54, 1.807) is 39.7 Å². The van der Waals surface area contributed by atoms with Gasteiger partial charge < -0.3 is 4.90 Å². The number of halogens is 1. The van der Waals surface area contributed by atoms with Crippen molar-refractivity contribution in [2.24, 2.45) is 0 Å². The summed E-state index contributed by atoms with van der Waals surface area (Å²) in [6, 6.07) is 32.6. The van der Waals surface area contributed by atoms with Gasteiger partial charge >= 0.3 is 0 Å². The molecule has 0 saturated carbocycles. The highest BCUT2D eigenvalue weighted by Gasteiger charge is 2.19. The third-order valence-electron chi connectivity index (χ3n) is 7.36. The van der Waals surface area contributed by atoms with Crippen LogP contribution in [0.3, 0.4) is 0 Å². The van der Waals surface area contributed by atoms with Gasteiger partial charge in [0.2, 0.25) is 0 Å². The number of hydrogen-bond acceptors (Lipinski definition) is 5. The van der Waals surface area contributed by atoms with E-state index in [9.17, 15) is 9.59 Å². The van der Waals surface area contributed by atoms with Crippen LogP contribution in [0.25, 0.3) is 45.1 Å². The molecule has 0 amide bonds. The van der Waals surface area contributed by atoms with Crippen molar-refractivity contribution in [3.05, 3.63) is 130 Å². The number of hydrogen-bond donors (Lipinski definition) is 0. The van der Waals surface area contributed by atoms with E-state index in [2.05, 4.69) is 22.0 Å². The third kappa shape index (κ3) is 5.91. The van der Waals surface area contributed by atoms with Gasteiger partial charge in [0.15, 0.2) is 16.9 Å². The molecule has 8 heteroatoms. The lowest BCUT2D eigenvalue weighted by Crippen LogP contribution is -2.22. The standard InChI is InChI=1S/C35H30ClN5O2/c1-39(2)21-7-12-31(42)27-10-6-11-30(22-27)40-23-37-32-34(40)38-33(41(35(32)43)29-19-17-28(36)18-20-29)26-15-13-25(14-16-26)24-8-4-3-5-9-24/h3-6,8-11,13-20,22-23H,7,12,21H2,1-2H3. The number of aromatic nitrogens is 4. The van der Waals surface area contributed by atoms with E-state index >= 15 is 0 Å². The molecule has 7 nitrogen and oxygen atoms in total. The Morgan fingerprint density at radius 1 is 0.814 bits per heavy atom. The Bertz CT molecular complexity index is 1960. The topological polar surface area (TPSA) is 73.0 Å². The smallest absolute Gasteiger partial charge is 0.286 e. The van der Waals surface area contributed by atoms with Gasteiger partial charge in [0, 0.05) is 28.3 Å². The monoisotopic (exact) mass is 587 g/mol. The van der Waals surface area contributed by atoms with Gasteiger partial charge in [-0.25, -0.2) is 9.97 Å². The van der Waals surface area contributed by atoms with Gasteiger partial charge in [0.25, 0.3) is 5.56 Å². The van der Waals surface area contributed by atoms with E-state index in [-0.39, 0.29) is 16.9 Å². The highest BCUT2D eigenvalue weighted by Crippen LogP contribution is 2.27. The number of carbonyl (C=O) groups is 1. The molecule has 4 aromatic carbocycles. The summed E-state index contributed by atoms with van der Waals surface area (Å²) in [5.41, 5.74) is 5.22. The second-order valence-corrected chi connectivity index (χ2v) is 11.1. The molecule has 0 spiro atoms. The summed E-state index contributed by atoms with van der Waals surface area (Å²) in [5, 5.41) is 0.569. The molecule has 0 aliphatic rings. The number of Topliss-reactive ketones (excluding diaryl/α,β-unsaturated/α-hetero) is 1. The summed E-state index contributed by atoms with van der Waals surface area (Å²) in [6.45, 7) is 0.844. The zero-order valence-corrected chi connectivity index (χ0v) is 24.7. The Balaban J connectivity index is 1.47. The fraction of sp³-hybridized carbons (Fsp3) is 0.143. The first-order valence-corrected chi connectivity index (χ1v) is 14.5. The fourth-order valence-corrected chi connectivity index (χ4v) is 5.26. The van der Waals surface area contributed by atoms with Crippen LogP contribution >= 0.6 is 11.6 Å². The maximum atomic E-state index is 14.0. The number of ketones is 1. The van der Waals surface area contributed by atoms with Crippen LogP contribution in [0.15, 0.2) is 114 Å². The van der Waals surface area contributed by atoms with Gasteiger partial charge in [0.1, 0.15) is 12.2 Å². The molecule has 214 valence electrons. The zero-order chi connectivity index (χ0) is 29.9. The van der Waals surface area contributed by atoms with E-state index in [1.807, 2.05) is 80.8 Å². The summed E-state index contributed by atoms with van der Waals surface area (Å²) in [7, 11) is 3.99. The first kappa shape index (κ1) is 28.3. The number of benzene rings is 4. The van der Waals surface area contributed by atoms with Crippen molar-refractivity contribution in [1.29, 1.82) is 0 Å². The molecule has 6 rings (SSSR count). The van der Waals surface area contributed by atoms with E-state index in [4.69, 9.17) is 16.6 Å². The zero-order valence-electron chi connectivity index (χ0n) is 23.9. The largest absolute Gasteiger partial charge is 0.309 e. The Kier molecular flexibility index (Phi) is 8.01. The first-order chi connectivity index (χ1) is 20.9. The average Bonchev–Trinajstić information content (AvgIpc) is 3.46. The van der Waals surface area contributed by atoms with Gasteiger partial charge in [0.05, 0.1) is 5.69 Å². The van der Waals surface area contributed by atoms with Gasteiger partial charge in [-0.2, -0.15) is 0 Å². The number of carbonyl (C=O) groups excluding carboxylic acids is 1. The van der Waals surface area contributed by atoms with E-state index in [0.717, 1.165) is 29.7 Å². The van der Waals surface area contributed by atoms with Crippen LogP contribution in [0.1, 0.15) is 23.2 Å². The van der Waals surface area contributed by atoms with Gasteiger partial charge in [-0.3, -0.25) is 18.7 Å². The van der Waals surface area contributed by atoms with Crippen molar-refractivity contribution in [1.82, 2.24) is 24.0 Å². The van der Waals surface area contributed by atoms with Gasteiger partial charge in [-0.15, -0.1) is 0 Å². The van der Waals surface area contributed by atoms with E-state index < -0.39 is 0 Å². The summed E-state index contributed by atoms with van der Waals surface area (Å²) in [6.07, 6.45) is 2.82. The van der Waals surface area contributed by atoms with Crippen LogP contribution in [-0.2, 0) is 0 Å². The van der Waals surface area contributed by atoms with Crippen LogP contribution in [0.4, 0.5) is 0 Å². The van der Waals surface area contributed by atoms with Crippen molar-refractivity contribution in [2.75, 3.05) is 20.6 Å². The number of fused-ring (bicyclic) bond motifs is 1. The fourth-order valence-electron chi connectivity index (χ4n) is 5.14. The molecular weight excluding hydrogens is 558 g/mol. The van der Waals surface area contributed by atoms with Crippen LogP contribution in [0, 0.1) is 0 Å². The molecule has 0 bridgehead atoms. The Morgan fingerprint density at radius 3 is 2.23 bits per heavy atom. The van der Waals surface area contributed by atoms with Crippen molar-refractivity contribution in [3.8, 4) is 33.9 Å². The van der Waals surface area contributed by atoms with Gasteiger partial charge in [-0.1, -0.05) is 78.3 Å². The first-order valence-electron chi connectivity index (χ1n) is 14.1. The maximum absolute atomic E-state index is 14.0. The normalized spacial score (nSPS) is 11.3. The molecule has 0 radical (unpaired) electrons. The second-order valence-electron chi connectivity index (χ2n) is 10.7. The SMILES string of the molecule is CN(C)CCCC(=O)c1cccc(-n2cnc3c(=O)n(-c4ccc(Cl)cc4)c(-c4ccc(-c5ccccc5)cc4)nc32)c1. The van der Waals surface area contributed by atoms with Gasteiger partial charge in [-0.05, 0) is 74.6 Å². The lowest BCUT2D eigenvalue weighted by molar-refractivity contribution is 0.0977. The molecule has 0 saturated heterocycles. The Hall–Kier alpha value is -4.85. The molecule has 0 atom stereocenters. The molecule has 2 aromatic heterocycles. The van der Waals surface area contributed by atoms with Crippen molar-refractivity contribution in [2.45, 2.75) is 12.8 Å². The van der Waals surface area contributed by atoms with Crippen LogP contribution in [0.2, 0.25) is 5.02 Å². The lowest BCUT2D eigenvalue weighted by atomic mass is 10.0. The molecule has 0 aliphatic heterocycles. The number of nitrogens with zero attached hydrogens (tertiary/aromatic N) is 5. The molecule has 0 unspecified atom stereocenters. The predicted molar refractivity (Wildman–Crippen MR) is 172 cm³/mol. The van der Waals surface area contributed by atoms with E-state index in [0.29, 0.717) is 39.9 Å². The molecule has 2 heterocycles. The summed E-state index contributed by atoms with van der Waals surface area (Å²) in [5.74, 6) is 0.544. The minimum absolute atomic E-state index is 0.0744. The van der Waals surface area contributed by atoms with Crippen LogP contribution < -0.4 is 5.56 Å². The lowest BCUT2D eigenvalue weighted by Gasteiger charge is -2.14. The van der Waals surface area contributed by atoms with Crippen molar-refractivity contribution < 1.29 is 4.79 Å². The highest BCUT2D eigenvalue weighted by molar-refractivity contribution is 6.30. The van der Waals surface area contributed by atoms with E-state index in [1.165, 1.54) is 0 Å². The molecule has 43 heavy (non-hydrogen) atoms. The van der Waals surface area contributed by atoms with Crippen LogP contribution in [0.5, 0.6) is 0 Å². The molecular formula is C35H30ClN5O2. The molecule has 0 fully saturated rings. The minimum atomic E-state index is -0.302. The predicted octanol–water partition coefficient (Wildman–Crippen LogP) is 7.08.